The van der Waals surface area contributed by atoms with Gasteiger partial charge >= 0.3 is 0 Å². The minimum Gasteiger partial charge on any atom is -0.324 e. The van der Waals surface area contributed by atoms with Gasteiger partial charge in [-0.2, -0.15) is 0 Å². The summed E-state index contributed by atoms with van der Waals surface area (Å²) in [6.07, 6.45) is 0.764. The summed E-state index contributed by atoms with van der Waals surface area (Å²) in [7, 11) is 0. The number of hydrogen-bond donors (Lipinski definition) is 1. The molecule has 1 amide bonds. The molecule has 1 N–H and O–H groups in total. The Morgan fingerprint density at radius 1 is 1.26 bits per heavy atom. The molecule has 0 aliphatic rings. The maximum Gasteiger partial charge on any atom is 0.262 e. The second-order valence-corrected chi connectivity index (χ2v) is 8.68. The number of carbonyl (C=O) groups is 1. The van der Waals surface area contributed by atoms with Crippen LogP contribution in [0.1, 0.15) is 20.3 Å². The lowest BCUT2D eigenvalue weighted by Gasteiger charge is -2.13. The van der Waals surface area contributed by atoms with Gasteiger partial charge in [0, 0.05) is 6.54 Å². The summed E-state index contributed by atoms with van der Waals surface area (Å²) in [4.78, 5) is 25.6. The minimum absolute atomic E-state index is 0.119. The number of benzene rings is 2. The largest absolute Gasteiger partial charge is 0.324 e. The van der Waals surface area contributed by atoms with E-state index < -0.39 is 11.1 Å². The molecule has 2 aromatic carbocycles. The number of para-hydroxylation sites is 1. The van der Waals surface area contributed by atoms with E-state index in [9.17, 15) is 14.0 Å². The smallest absolute Gasteiger partial charge is 0.262 e. The van der Waals surface area contributed by atoms with E-state index in [-0.39, 0.29) is 16.5 Å². The summed E-state index contributed by atoms with van der Waals surface area (Å²) in [5.74, 6) is -0.367. The maximum absolute atomic E-state index is 13.2. The van der Waals surface area contributed by atoms with Gasteiger partial charge in [-0.3, -0.25) is 18.6 Å². The highest BCUT2D eigenvalue weighted by Gasteiger charge is 2.22. The number of amides is 1. The second kappa shape index (κ2) is 8.68. The van der Waals surface area contributed by atoms with E-state index in [2.05, 4.69) is 15.5 Å². The van der Waals surface area contributed by atoms with Gasteiger partial charge in [0.1, 0.15) is 5.82 Å². The highest BCUT2D eigenvalue weighted by Crippen LogP contribution is 2.27. The SMILES string of the molecule is CCCn1c(=O)c2ccccc2n2c(SC(C)C(=O)Nc3ccc(F)cc3Cl)nnc12. The van der Waals surface area contributed by atoms with Crippen LogP contribution in [0.2, 0.25) is 5.02 Å². The van der Waals surface area contributed by atoms with Gasteiger partial charge < -0.3 is 5.32 Å². The van der Waals surface area contributed by atoms with E-state index in [1.165, 1.54) is 23.9 Å². The lowest BCUT2D eigenvalue weighted by Crippen LogP contribution is -2.24. The van der Waals surface area contributed by atoms with Gasteiger partial charge in [-0.15, -0.1) is 10.2 Å². The van der Waals surface area contributed by atoms with Crippen molar-refractivity contribution in [1.29, 1.82) is 0 Å². The van der Waals surface area contributed by atoms with Gasteiger partial charge in [0.15, 0.2) is 5.16 Å². The van der Waals surface area contributed by atoms with Gasteiger partial charge in [0.2, 0.25) is 11.7 Å². The van der Waals surface area contributed by atoms with Crippen molar-refractivity contribution in [1.82, 2.24) is 19.2 Å². The highest BCUT2D eigenvalue weighted by molar-refractivity contribution is 8.00. The number of carbonyl (C=O) groups excluding carboxylic acids is 1. The van der Waals surface area contributed by atoms with Crippen molar-refractivity contribution >= 4 is 51.6 Å². The average molecular weight is 460 g/mol. The Hall–Kier alpha value is -2.91. The predicted molar refractivity (Wildman–Crippen MR) is 120 cm³/mol. The van der Waals surface area contributed by atoms with Crippen LogP contribution in [-0.2, 0) is 11.3 Å². The zero-order valence-electron chi connectivity index (χ0n) is 16.8. The first kappa shape index (κ1) is 21.3. The molecule has 0 aliphatic carbocycles. The van der Waals surface area contributed by atoms with Crippen LogP contribution in [0, 0.1) is 5.82 Å². The number of thioether (sulfide) groups is 1. The van der Waals surface area contributed by atoms with Crippen molar-refractivity contribution in [3.63, 3.8) is 0 Å². The zero-order valence-corrected chi connectivity index (χ0v) is 18.4. The lowest BCUT2D eigenvalue weighted by molar-refractivity contribution is -0.115. The Morgan fingerprint density at radius 2 is 2.03 bits per heavy atom. The fraction of sp³-hybridized carbons (Fsp3) is 0.238. The standard InChI is InChI=1S/C21H19ClFN5O2S/c1-3-10-27-19(30)14-6-4-5-7-17(14)28-20(27)25-26-21(28)31-12(2)18(29)24-16-9-8-13(23)11-15(16)22/h4-9,11-12H,3,10H2,1-2H3,(H,24,29). The molecular weight excluding hydrogens is 441 g/mol. The van der Waals surface area contributed by atoms with E-state index in [1.54, 1.807) is 22.0 Å². The second-order valence-electron chi connectivity index (χ2n) is 6.97. The molecule has 160 valence electrons. The molecule has 7 nitrogen and oxygen atoms in total. The molecular formula is C21H19ClFN5O2S. The van der Waals surface area contributed by atoms with Gasteiger partial charge in [-0.05, 0) is 43.7 Å². The molecule has 4 aromatic rings. The van der Waals surface area contributed by atoms with Gasteiger partial charge in [0.05, 0.1) is 26.9 Å². The highest BCUT2D eigenvalue weighted by atomic mass is 35.5. The third-order valence-electron chi connectivity index (χ3n) is 4.77. The first-order valence-corrected chi connectivity index (χ1v) is 11.0. The number of halogens is 2. The monoisotopic (exact) mass is 459 g/mol. The summed E-state index contributed by atoms with van der Waals surface area (Å²) in [5, 5.41) is 11.8. The molecule has 31 heavy (non-hydrogen) atoms. The molecule has 0 saturated heterocycles. The van der Waals surface area contributed by atoms with Crippen molar-refractivity contribution in [2.45, 2.75) is 37.2 Å². The molecule has 0 bridgehead atoms. The summed E-state index contributed by atoms with van der Waals surface area (Å²) in [6, 6.07) is 11.0. The quantitative estimate of drug-likeness (QED) is 0.433. The van der Waals surface area contributed by atoms with E-state index in [4.69, 9.17) is 11.6 Å². The molecule has 0 aliphatic heterocycles. The molecule has 0 fully saturated rings. The Bertz CT molecular complexity index is 1350. The molecule has 4 rings (SSSR count). The summed E-state index contributed by atoms with van der Waals surface area (Å²) in [5.41, 5.74) is 0.885. The van der Waals surface area contributed by atoms with Crippen LogP contribution in [-0.4, -0.2) is 30.3 Å². The van der Waals surface area contributed by atoms with E-state index in [0.29, 0.717) is 34.1 Å². The first-order valence-electron chi connectivity index (χ1n) is 9.70. The molecule has 0 radical (unpaired) electrons. The number of fused-ring (bicyclic) bond motifs is 3. The topological polar surface area (TPSA) is 81.3 Å². The van der Waals surface area contributed by atoms with Crippen molar-refractivity contribution in [2.75, 3.05) is 5.32 Å². The molecule has 0 spiro atoms. The average Bonchev–Trinajstić information content (AvgIpc) is 3.16. The Kier molecular flexibility index (Phi) is 5.97. The molecule has 10 heteroatoms. The van der Waals surface area contributed by atoms with Crippen LogP contribution in [0.3, 0.4) is 0 Å². The van der Waals surface area contributed by atoms with Crippen molar-refractivity contribution in [3.05, 3.63) is 63.7 Å². The third kappa shape index (κ3) is 4.03. The van der Waals surface area contributed by atoms with Crippen molar-refractivity contribution < 1.29 is 9.18 Å². The number of rotatable bonds is 6. The number of anilines is 1. The first-order chi connectivity index (χ1) is 14.9. The molecule has 2 heterocycles. The van der Waals surface area contributed by atoms with Crippen LogP contribution in [0.4, 0.5) is 10.1 Å². The van der Waals surface area contributed by atoms with Crippen molar-refractivity contribution in [2.24, 2.45) is 0 Å². The van der Waals surface area contributed by atoms with E-state index in [1.807, 2.05) is 25.1 Å². The fourth-order valence-corrected chi connectivity index (χ4v) is 4.34. The summed E-state index contributed by atoms with van der Waals surface area (Å²) >= 11 is 7.21. The summed E-state index contributed by atoms with van der Waals surface area (Å²) < 4.78 is 16.6. The molecule has 0 saturated carbocycles. The lowest BCUT2D eigenvalue weighted by atomic mass is 10.2. The number of aromatic nitrogens is 4. The fourth-order valence-electron chi connectivity index (χ4n) is 3.27. The zero-order chi connectivity index (χ0) is 22.1. The van der Waals surface area contributed by atoms with Crippen LogP contribution in [0.25, 0.3) is 16.7 Å². The normalized spacial score (nSPS) is 12.4. The van der Waals surface area contributed by atoms with Crippen LogP contribution >= 0.6 is 23.4 Å². The predicted octanol–water partition coefficient (Wildman–Crippen LogP) is 4.37. The Labute approximate surface area is 186 Å². The Morgan fingerprint density at radius 3 is 2.77 bits per heavy atom. The third-order valence-corrected chi connectivity index (χ3v) is 6.12. The molecule has 2 aromatic heterocycles. The number of nitrogens with one attached hydrogen (secondary N) is 1. The number of nitrogens with zero attached hydrogens (tertiary/aromatic N) is 4. The number of hydrogen-bond acceptors (Lipinski definition) is 5. The van der Waals surface area contributed by atoms with Crippen LogP contribution in [0.5, 0.6) is 0 Å². The van der Waals surface area contributed by atoms with E-state index >= 15 is 0 Å². The molecule has 1 atom stereocenters. The maximum atomic E-state index is 13.2. The van der Waals surface area contributed by atoms with Gasteiger partial charge in [-0.25, -0.2) is 4.39 Å². The van der Waals surface area contributed by atoms with Gasteiger partial charge in [0.25, 0.3) is 5.56 Å². The summed E-state index contributed by atoms with van der Waals surface area (Å²) in [6.45, 7) is 4.22. The van der Waals surface area contributed by atoms with Crippen LogP contribution < -0.4 is 10.9 Å². The van der Waals surface area contributed by atoms with Crippen molar-refractivity contribution in [3.8, 4) is 0 Å². The van der Waals surface area contributed by atoms with Gasteiger partial charge in [-0.1, -0.05) is 42.4 Å². The minimum atomic E-state index is -0.557. The Balaban J connectivity index is 1.70. The number of aryl methyl sites for hydroxylation is 1. The van der Waals surface area contributed by atoms with Crippen LogP contribution in [0.15, 0.2) is 52.4 Å². The van der Waals surface area contributed by atoms with E-state index in [0.717, 1.165) is 12.5 Å². The molecule has 1 unspecified atom stereocenters.